The van der Waals surface area contributed by atoms with Gasteiger partial charge in [-0.25, -0.2) is 4.79 Å². The van der Waals surface area contributed by atoms with Crippen LogP contribution in [-0.2, 0) is 14.3 Å². The molecule has 0 aromatic rings. The van der Waals surface area contributed by atoms with E-state index in [1.54, 1.807) is 12.2 Å². The molecule has 3 rings (SSSR count). The van der Waals surface area contributed by atoms with Gasteiger partial charge >= 0.3 is 5.97 Å². The number of allylic oxidation sites excluding steroid dienone is 3. The number of aliphatic hydroxyl groups is 1. The fraction of sp³-hybridized carbons (Fsp3) is 0.600. The first-order valence-corrected chi connectivity index (χ1v) is 8.66. The van der Waals surface area contributed by atoms with E-state index in [0.717, 1.165) is 24.8 Å². The molecule has 4 nitrogen and oxygen atoms in total. The summed E-state index contributed by atoms with van der Waals surface area (Å²) in [7, 11) is 0. The minimum absolute atomic E-state index is 0.00722. The quantitative estimate of drug-likeness (QED) is 0.789. The third-order valence-corrected chi connectivity index (χ3v) is 6.09. The number of hydrogen-bond acceptors (Lipinski definition) is 4. The van der Waals surface area contributed by atoms with Gasteiger partial charge in [0, 0.05) is 11.8 Å². The first-order valence-electron chi connectivity index (χ1n) is 8.66. The Morgan fingerprint density at radius 2 is 1.96 bits per heavy atom. The maximum atomic E-state index is 12.7. The standard InChI is InChI=1S/C20H26O4/c1-12-10-15(21)17-19(2,3)8-5-9-20(17,4)14(12)7-6-13-11-16(22)24-18(13)23/h6-7,10-11,14,16-17,22H,5,8-9H2,1-4H3/t14-,16+,17-,20+/m0/s1. The normalized spacial score (nSPS) is 38.6. The molecule has 4 atom stereocenters. The van der Waals surface area contributed by atoms with E-state index in [-0.39, 0.29) is 28.4 Å². The highest BCUT2D eigenvalue weighted by Crippen LogP contribution is 2.58. The molecule has 3 aliphatic rings. The number of cyclic esters (lactones) is 1. The van der Waals surface area contributed by atoms with Gasteiger partial charge in [-0.1, -0.05) is 44.9 Å². The average molecular weight is 330 g/mol. The summed E-state index contributed by atoms with van der Waals surface area (Å²) in [4.78, 5) is 24.4. The summed E-state index contributed by atoms with van der Waals surface area (Å²) in [6.45, 7) is 8.58. The Kier molecular flexibility index (Phi) is 4.07. The highest BCUT2D eigenvalue weighted by atomic mass is 16.6. The van der Waals surface area contributed by atoms with Crippen LogP contribution < -0.4 is 0 Å². The minimum Gasteiger partial charge on any atom is -0.429 e. The SMILES string of the molecule is CC1=CC(=O)[C@H]2C(C)(C)CCC[C@]2(C)[C@H]1C=CC1=C[C@H](O)OC1=O. The molecule has 0 radical (unpaired) electrons. The zero-order valence-corrected chi connectivity index (χ0v) is 14.8. The maximum absolute atomic E-state index is 12.7. The van der Waals surface area contributed by atoms with Gasteiger partial charge < -0.3 is 9.84 Å². The van der Waals surface area contributed by atoms with Crippen molar-refractivity contribution >= 4 is 11.8 Å². The number of rotatable bonds is 2. The molecule has 1 saturated carbocycles. The lowest BCUT2D eigenvalue weighted by atomic mass is 9.48. The first-order chi connectivity index (χ1) is 11.1. The summed E-state index contributed by atoms with van der Waals surface area (Å²) in [6, 6.07) is 0. The molecule has 1 N–H and O–H groups in total. The molecular formula is C20H26O4. The van der Waals surface area contributed by atoms with Gasteiger partial charge in [0.2, 0.25) is 6.29 Å². The third-order valence-electron chi connectivity index (χ3n) is 6.09. The van der Waals surface area contributed by atoms with Gasteiger partial charge in [0.25, 0.3) is 0 Å². The van der Waals surface area contributed by atoms with Crippen LogP contribution in [0.3, 0.4) is 0 Å². The maximum Gasteiger partial charge on any atom is 0.340 e. The largest absolute Gasteiger partial charge is 0.429 e. The van der Waals surface area contributed by atoms with Crippen molar-refractivity contribution < 1.29 is 19.4 Å². The van der Waals surface area contributed by atoms with E-state index in [1.807, 2.05) is 13.0 Å². The lowest BCUT2D eigenvalue weighted by molar-refractivity contribution is -0.151. The first kappa shape index (κ1) is 17.2. The van der Waals surface area contributed by atoms with Crippen LogP contribution in [0.15, 0.2) is 35.5 Å². The number of ether oxygens (including phenoxy) is 1. The van der Waals surface area contributed by atoms with Crippen molar-refractivity contribution in [1.29, 1.82) is 0 Å². The van der Waals surface area contributed by atoms with Crippen molar-refractivity contribution in [2.45, 2.75) is 53.2 Å². The summed E-state index contributed by atoms with van der Waals surface area (Å²) in [5.74, 6) is -0.171. The number of aliphatic hydroxyl groups excluding tert-OH is 1. The molecule has 1 fully saturated rings. The van der Waals surface area contributed by atoms with E-state index >= 15 is 0 Å². The van der Waals surface area contributed by atoms with E-state index in [9.17, 15) is 14.7 Å². The van der Waals surface area contributed by atoms with Crippen LogP contribution in [0.25, 0.3) is 0 Å². The molecule has 0 saturated heterocycles. The molecule has 2 aliphatic carbocycles. The number of esters is 1. The van der Waals surface area contributed by atoms with Crippen molar-refractivity contribution in [3.63, 3.8) is 0 Å². The van der Waals surface area contributed by atoms with Gasteiger partial charge in [0.15, 0.2) is 5.78 Å². The molecule has 4 heteroatoms. The third kappa shape index (κ3) is 2.67. The van der Waals surface area contributed by atoms with E-state index < -0.39 is 12.3 Å². The molecule has 1 aliphatic heterocycles. The van der Waals surface area contributed by atoms with E-state index in [1.165, 1.54) is 6.08 Å². The Morgan fingerprint density at radius 1 is 1.25 bits per heavy atom. The van der Waals surface area contributed by atoms with Crippen molar-refractivity contribution in [2.75, 3.05) is 0 Å². The summed E-state index contributed by atoms with van der Waals surface area (Å²) < 4.78 is 4.73. The van der Waals surface area contributed by atoms with Gasteiger partial charge in [-0.15, -0.1) is 0 Å². The van der Waals surface area contributed by atoms with Crippen LogP contribution in [0, 0.1) is 22.7 Å². The van der Waals surface area contributed by atoms with Gasteiger partial charge in [0.05, 0.1) is 5.57 Å². The second kappa shape index (κ2) is 5.69. The van der Waals surface area contributed by atoms with E-state index in [4.69, 9.17) is 4.74 Å². The minimum atomic E-state index is -1.15. The van der Waals surface area contributed by atoms with Gasteiger partial charge in [-0.05, 0) is 42.7 Å². The number of ketones is 1. The number of carbonyl (C=O) groups is 2. The Bertz CT molecular complexity index is 667. The van der Waals surface area contributed by atoms with E-state index in [2.05, 4.69) is 20.8 Å². The van der Waals surface area contributed by atoms with Crippen LogP contribution in [-0.4, -0.2) is 23.1 Å². The van der Waals surface area contributed by atoms with Crippen LogP contribution in [0.2, 0.25) is 0 Å². The molecule has 130 valence electrons. The highest BCUT2D eigenvalue weighted by Gasteiger charge is 2.54. The van der Waals surface area contributed by atoms with Gasteiger partial charge in [0.1, 0.15) is 0 Å². The molecule has 0 spiro atoms. The Hall–Kier alpha value is -1.68. The zero-order chi connectivity index (χ0) is 17.7. The average Bonchev–Trinajstić information content (AvgIpc) is 2.74. The molecule has 0 amide bonds. The molecule has 0 unspecified atom stereocenters. The van der Waals surface area contributed by atoms with Crippen molar-refractivity contribution in [2.24, 2.45) is 22.7 Å². The van der Waals surface area contributed by atoms with Gasteiger partial charge in [-0.3, -0.25) is 4.79 Å². The fourth-order valence-electron chi connectivity index (χ4n) is 5.20. The lowest BCUT2D eigenvalue weighted by Crippen LogP contribution is -2.52. The van der Waals surface area contributed by atoms with Crippen LogP contribution in [0.1, 0.15) is 47.0 Å². The molecule has 0 aromatic heterocycles. The predicted octanol–water partition coefficient (Wildman–Crippen LogP) is 3.32. The molecule has 1 heterocycles. The van der Waals surface area contributed by atoms with Gasteiger partial charge in [-0.2, -0.15) is 0 Å². The smallest absolute Gasteiger partial charge is 0.340 e. The Balaban J connectivity index is 1.97. The molecular weight excluding hydrogens is 304 g/mol. The fourth-order valence-corrected chi connectivity index (χ4v) is 5.20. The topological polar surface area (TPSA) is 63.6 Å². The number of hydrogen-bond donors (Lipinski definition) is 1. The van der Waals surface area contributed by atoms with Crippen LogP contribution >= 0.6 is 0 Å². The summed E-state index contributed by atoms with van der Waals surface area (Å²) in [5, 5.41) is 9.39. The molecule has 24 heavy (non-hydrogen) atoms. The van der Waals surface area contributed by atoms with Crippen LogP contribution in [0.4, 0.5) is 0 Å². The summed E-state index contributed by atoms with van der Waals surface area (Å²) in [6.07, 6.45) is 8.96. The lowest BCUT2D eigenvalue weighted by Gasteiger charge is -2.55. The predicted molar refractivity (Wildman–Crippen MR) is 90.8 cm³/mol. The number of carbonyl (C=O) groups excluding carboxylic acids is 2. The highest BCUT2D eigenvalue weighted by molar-refractivity contribution is 5.95. The summed E-state index contributed by atoms with van der Waals surface area (Å²) >= 11 is 0. The monoisotopic (exact) mass is 330 g/mol. The van der Waals surface area contributed by atoms with Crippen LogP contribution in [0.5, 0.6) is 0 Å². The Labute approximate surface area is 143 Å². The molecule has 0 aromatic carbocycles. The summed E-state index contributed by atoms with van der Waals surface area (Å²) in [5.41, 5.74) is 1.26. The van der Waals surface area contributed by atoms with Crippen molar-refractivity contribution in [3.05, 3.63) is 35.5 Å². The zero-order valence-electron chi connectivity index (χ0n) is 14.8. The van der Waals surface area contributed by atoms with Crippen molar-refractivity contribution in [3.8, 4) is 0 Å². The Morgan fingerprint density at radius 3 is 2.58 bits per heavy atom. The second-order valence-electron chi connectivity index (χ2n) is 8.33. The number of fused-ring (bicyclic) bond motifs is 1. The van der Waals surface area contributed by atoms with Crippen molar-refractivity contribution in [1.82, 2.24) is 0 Å². The van der Waals surface area contributed by atoms with E-state index in [0.29, 0.717) is 5.57 Å². The second-order valence-corrected chi connectivity index (χ2v) is 8.33. The molecule has 0 bridgehead atoms.